The molecular formula is C14H26N2O2. The van der Waals surface area contributed by atoms with Crippen molar-refractivity contribution < 1.29 is 9.59 Å². The highest BCUT2D eigenvalue weighted by Crippen LogP contribution is 2.31. The van der Waals surface area contributed by atoms with Gasteiger partial charge in [-0.05, 0) is 32.6 Å². The van der Waals surface area contributed by atoms with Crippen molar-refractivity contribution in [2.75, 3.05) is 6.54 Å². The van der Waals surface area contributed by atoms with Crippen LogP contribution in [0.5, 0.6) is 0 Å². The van der Waals surface area contributed by atoms with Crippen molar-refractivity contribution in [3.05, 3.63) is 0 Å². The Morgan fingerprint density at radius 3 is 2.06 bits per heavy atom. The molecule has 0 spiro atoms. The number of hydrogen-bond donors (Lipinski definition) is 1. The third-order valence-electron chi connectivity index (χ3n) is 4.72. The number of nitrogens with one attached hydrogen (secondary N) is 1. The van der Waals surface area contributed by atoms with Crippen LogP contribution < -0.4 is 5.32 Å². The van der Waals surface area contributed by atoms with Crippen molar-refractivity contribution in [3.63, 3.8) is 0 Å². The van der Waals surface area contributed by atoms with E-state index in [1.807, 2.05) is 13.8 Å². The van der Waals surface area contributed by atoms with E-state index in [2.05, 4.69) is 26.1 Å². The zero-order chi connectivity index (χ0) is 14.0. The number of carbonyl (C=O) groups is 2. The first-order chi connectivity index (χ1) is 8.39. The van der Waals surface area contributed by atoms with Gasteiger partial charge in [-0.1, -0.05) is 27.7 Å². The van der Waals surface area contributed by atoms with Crippen molar-refractivity contribution in [2.45, 2.75) is 71.4 Å². The Morgan fingerprint density at radius 1 is 1.17 bits per heavy atom. The van der Waals surface area contributed by atoms with Crippen LogP contribution in [0, 0.1) is 0 Å². The summed E-state index contributed by atoms with van der Waals surface area (Å²) in [6, 6.07) is 0. The lowest BCUT2D eigenvalue weighted by Gasteiger charge is -2.49. The van der Waals surface area contributed by atoms with Gasteiger partial charge in [-0.25, -0.2) is 0 Å². The maximum absolute atomic E-state index is 12.7. The Morgan fingerprint density at radius 2 is 1.67 bits per heavy atom. The van der Waals surface area contributed by atoms with Crippen LogP contribution in [0.15, 0.2) is 0 Å². The minimum atomic E-state index is -0.694. The molecule has 1 N–H and O–H groups in total. The molecule has 1 aliphatic rings. The number of carbonyl (C=O) groups excluding carboxylic acids is 2. The summed E-state index contributed by atoms with van der Waals surface area (Å²) in [5.41, 5.74) is -0.911. The van der Waals surface area contributed by atoms with Gasteiger partial charge in [0.05, 0.1) is 0 Å². The smallest absolute Gasteiger partial charge is 0.249 e. The molecule has 0 atom stereocenters. The molecule has 2 amide bonds. The normalized spacial score (nSPS) is 19.9. The number of piperazine rings is 1. The summed E-state index contributed by atoms with van der Waals surface area (Å²) in [5, 5.41) is 2.90. The molecule has 1 saturated heterocycles. The highest BCUT2D eigenvalue weighted by molar-refractivity contribution is 5.98. The van der Waals surface area contributed by atoms with E-state index in [0.29, 0.717) is 12.8 Å². The third-order valence-corrected chi connectivity index (χ3v) is 4.72. The maximum atomic E-state index is 12.7. The van der Waals surface area contributed by atoms with Crippen LogP contribution in [0.25, 0.3) is 0 Å². The molecule has 104 valence electrons. The molecule has 1 heterocycles. The largest absolute Gasteiger partial charge is 0.340 e. The maximum Gasteiger partial charge on any atom is 0.249 e. The summed E-state index contributed by atoms with van der Waals surface area (Å²) >= 11 is 0. The molecule has 0 aromatic heterocycles. The van der Waals surface area contributed by atoms with Crippen LogP contribution in [0.4, 0.5) is 0 Å². The van der Waals surface area contributed by atoms with Crippen LogP contribution in [-0.4, -0.2) is 34.3 Å². The van der Waals surface area contributed by atoms with E-state index in [9.17, 15) is 9.59 Å². The van der Waals surface area contributed by atoms with Crippen molar-refractivity contribution in [3.8, 4) is 0 Å². The molecule has 0 unspecified atom stereocenters. The first kappa shape index (κ1) is 15.0. The number of nitrogens with zero attached hydrogens (tertiary/aromatic N) is 1. The van der Waals surface area contributed by atoms with Crippen LogP contribution in [0.3, 0.4) is 0 Å². The molecule has 4 nitrogen and oxygen atoms in total. The molecule has 0 bridgehead atoms. The fraction of sp³-hybridized carbons (Fsp3) is 0.857. The van der Waals surface area contributed by atoms with Gasteiger partial charge in [0.1, 0.15) is 12.1 Å². The van der Waals surface area contributed by atoms with Crippen molar-refractivity contribution in [1.29, 1.82) is 0 Å². The molecular weight excluding hydrogens is 228 g/mol. The minimum absolute atomic E-state index is 0.0357. The quantitative estimate of drug-likeness (QED) is 0.816. The van der Waals surface area contributed by atoms with Crippen LogP contribution in [0.2, 0.25) is 0 Å². The van der Waals surface area contributed by atoms with Crippen LogP contribution in [-0.2, 0) is 9.59 Å². The third kappa shape index (κ3) is 2.25. The van der Waals surface area contributed by atoms with Gasteiger partial charge < -0.3 is 10.2 Å². The highest BCUT2D eigenvalue weighted by Gasteiger charge is 2.48. The summed E-state index contributed by atoms with van der Waals surface area (Å²) in [5.74, 6) is 0.0460. The van der Waals surface area contributed by atoms with Gasteiger partial charge in [0.15, 0.2) is 0 Å². The fourth-order valence-electron chi connectivity index (χ4n) is 2.63. The molecule has 1 fully saturated rings. The van der Waals surface area contributed by atoms with E-state index in [-0.39, 0.29) is 23.9 Å². The van der Waals surface area contributed by atoms with Crippen LogP contribution >= 0.6 is 0 Å². The van der Waals surface area contributed by atoms with E-state index in [0.717, 1.165) is 12.8 Å². The van der Waals surface area contributed by atoms with Gasteiger partial charge in [0.25, 0.3) is 0 Å². The minimum Gasteiger partial charge on any atom is -0.340 e. The summed E-state index contributed by atoms with van der Waals surface area (Å²) in [6.07, 6.45) is 3.03. The van der Waals surface area contributed by atoms with Gasteiger partial charge in [-0.2, -0.15) is 0 Å². The highest BCUT2D eigenvalue weighted by atomic mass is 16.2. The molecule has 1 aliphatic heterocycles. The first-order valence-corrected chi connectivity index (χ1v) is 7.02. The van der Waals surface area contributed by atoms with Crippen LogP contribution in [0.1, 0.15) is 60.3 Å². The summed E-state index contributed by atoms with van der Waals surface area (Å²) in [7, 11) is 0. The fourth-order valence-corrected chi connectivity index (χ4v) is 2.63. The summed E-state index contributed by atoms with van der Waals surface area (Å²) in [4.78, 5) is 26.4. The Balaban J connectivity index is 3.14. The Hall–Kier alpha value is -1.06. The Labute approximate surface area is 110 Å². The molecule has 4 heteroatoms. The molecule has 1 rings (SSSR count). The van der Waals surface area contributed by atoms with E-state index in [1.165, 1.54) is 0 Å². The van der Waals surface area contributed by atoms with E-state index in [4.69, 9.17) is 0 Å². The average molecular weight is 254 g/mol. The molecule has 0 aromatic rings. The zero-order valence-electron chi connectivity index (χ0n) is 12.3. The molecule has 0 radical (unpaired) electrons. The first-order valence-electron chi connectivity index (χ1n) is 7.02. The lowest BCUT2D eigenvalue weighted by molar-refractivity contribution is -0.157. The van der Waals surface area contributed by atoms with E-state index in [1.54, 1.807) is 4.90 Å². The molecule has 18 heavy (non-hydrogen) atoms. The zero-order valence-corrected chi connectivity index (χ0v) is 12.3. The monoisotopic (exact) mass is 254 g/mol. The van der Waals surface area contributed by atoms with Gasteiger partial charge in [-0.15, -0.1) is 0 Å². The standard InChI is InChI=1S/C14H26N2O2/c1-6-13(5,7-2)16-10-11(17)15-14(8-3,9-4)12(16)18/h6-10H2,1-5H3,(H,15,17). The number of amides is 2. The van der Waals surface area contributed by atoms with Gasteiger partial charge in [0.2, 0.25) is 11.8 Å². The van der Waals surface area contributed by atoms with Crippen molar-refractivity contribution in [1.82, 2.24) is 10.2 Å². The van der Waals surface area contributed by atoms with Gasteiger partial charge in [0, 0.05) is 5.54 Å². The predicted octanol–water partition coefficient (Wildman–Crippen LogP) is 2.08. The Bertz CT molecular complexity index is 331. The second-order valence-corrected chi connectivity index (χ2v) is 5.43. The van der Waals surface area contributed by atoms with E-state index < -0.39 is 5.54 Å². The predicted molar refractivity (Wildman–Crippen MR) is 72.2 cm³/mol. The second-order valence-electron chi connectivity index (χ2n) is 5.43. The second kappa shape index (κ2) is 5.29. The summed E-state index contributed by atoms with van der Waals surface area (Å²) in [6.45, 7) is 10.3. The number of hydrogen-bond acceptors (Lipinski definition) is 2. The van der Waals surface area contributed by atoms with Crippen molar-refractivity contribution in [2.24, 2.45) is 0 Å². The lowest BCUT2D eigenvalue weighted by Crippen LogP contribution is -2.70. The number of rotatable bonds is 5. The molecule has 0 aliphatic carbocycles. The van der Waals surface area contributed by atoms with E-state index >= 15 is 0 Å². The lowest BCUT2D eigenvalue weighted by atomic mass is 9.84. The Kier molecular flexibility index (Phi) is 4.41. The SMILES string of the molecule is CCC1(CC)NC(=O)CN(C(C)(CC)CC)C1=O. The topological polar surface area (TPSA) is 49.4 Å². The van der Waals surface area contributed by atoms with Gasteiger partial charge in [-0.3, -0.25) is 9.59 Å². The van der Waals surface area contributed by atoms with Crippen molar-refractivity contribution >= 4 is 11.8 Å². The molecule has 0 saturated carbocycles. The average Bonchev–Trinajstić information content (AvgIpc) is 2.40. The van der Waals surface area contributed by atoms with Gasteiger partial charge >= 0.3 is 0 Å². The molecule has 0 aromatic carbocycles. The summed E-state index contributed by atoms with van der Waals surface area (Å²) < 4.78 is 0.